The van der Waals surface area contributed by atoms with Gasteiger partial charge >= 0.3 is 0 Å². The Balaban J connectivity index is 1.27. The van der Waals surface area contributed by atoms with Gasteiger partial charge < -0.3 is 25.8 Å². The van der Waals surface area contributed by atoms with E-state index in [0.717, 1.165) is 65.1 Å². The van der Waals surface area contributed by atoms with Gasteiger partial charge in [-0.3, -0.25) is 0 Å². The zero-order chi connectivity index (χ0) is 20.1. The lowest BCUT2D eigenvalue weighted by Crippen LogP contribution is -2.44. The number of hydrogen-bond donors (Lipinski definition) is 2. The van der Waals surface area contributed by atoms with Crippen LogP contribution in [0.25, 0.3) is 0 Å². The Kier molecular flexibility index (Phi) is 6.41. The van der Waals surface area contributed by atoms with Gasteiger partial charge in [-0.15, -0.1) is 0 Å². The second kappa shape index (κ2) is 9.37. The van der Waals surface area contributed by atoms with E-state index in [1.807, 2.05) is 0 Å². The van der Waals surface area contributed by atoms with Crippen LogP contribution in [0.5, 0.6) is 0 Å². The molecule has 2 fully saturated rings. The fourth-order valence-corrected chi connectivity index (χ4v) is 3.97. The zero-order valence-electron chi connectivity index (χ0n) is 17.3. The number of nitrogens with two attached hydrogens (primary N) is 1. The molecule has 8 nitrogen and oxygen atoms in total. The maximum absolute atomic E-state index is 6.08. The van der Waals surface area contributed by atoms with Gasteiger partial charge in [0, 0.05) is 57.5 Å². The average Bonchev–Trinajstić information content (AvgIpc) is 2.75. The average molecular weight is 397 g/mol. The van der Waals surface area contributed by atoms with Gasteiger partial charge in [0.05, 0.1) is 0 Å². The molecule has 0 radical (unpaired) electrons. The van der Waals surface area contributed by atoms with Gasteiger partial charge in [0.25, 0.3) is 0 Å². The summed E-state index contributed by atoms with van der Waals surface area (Å²) in [6.07, 6.45) is 4.66. The van der Waals surface area contributed by atoms with Crippen LogP contribution in [0.15, 0.2) is 30.6 Å². The van der Waals surface area contributed by atoms with Crippen LogP contribution in [0.2, 0.25) is 0 Å². The zero-order valence-corrected chi connectivity index (χ0v) is 17.3. The van der Waals surface area contributed by atoms with E-state index in [9.17, 15) is 0 Å². The Morgan fingerprint density at radius 3 is 2.59 bits per heavy atom. The van der Waals surface area contributed by atoms with Gasteiger partial charge in [-0.25, -0.2) is 9.97 Å². The lowest BCUT2D eigenvalue weighted by molar-refractivity contribution is 0.313. The number of aromatic nitrogens is 3. The van der Waals surface area contributed by atoms with E-state index in [-0.39, 0.29) is 6.04 Å². The molecule has 0 saturated carbocycles. The molecule has 2 saturated heterocycles. The van der Waals surface area contributed by atoms with Crippen LogP contribution < -0.4 is 20.9 Å². The topological polar surface area (TPSA) is 86.4 Å². The van der Waals surface area contributed by atoms with Crippen molar-refractivity contribution in [1.29, 1.82) is 0 Å². The van der Waals surface area contributed by atoms with Gasteiger partial charge in [0.2, 0.25) is 11.9 Å². The smallest absolute Gasteiger partial charge is 0.230 e. The van der Waals surface area contributed by atoms with E-state index in [0.29, 0.717) is 11.9 Å². The summed E-state index contributed by atoms with van der Waals surface area (Å²) >= 11 is 0. The molecular weight excluding hydrogens is 364 g/mol. The first kappa shape index (κ1) is 19.8. The quantitative estimate of drug-likeness (QED) is 0.753. The third-order valence-corrected chi connectivity index (χ3v) is 5.80. The van der Waals surface area contributed by atoms with E-state index in [1.165, 1.54) is 11.3 Å². The third-order valence-electron chi connectivity index (χ3n) is 5.80. The first-order valence-corrected chi connectivity index (χ1v) is 10.6. The Morgan fingerprint density at radius 2 is 1.83 bits per heavy atom. The maximum Gasteiger partial charge on any atom is 0.230 e. The van der Waals surface area contributed by atoms with Crippen molar-refractivity contribution >= 4 is 17.6 Å². The van der Waals surface area contributed by atoms with Gasteiger partial charge in [0.1, 0.15) is 6.33 Å². The van der Waals surface area contributed by atoms with Crippen LogP contribution in [0, 0.1) is 0 Å². The molecule has 2 aromatic rings. The normalized spacial score (nSPS) is 20.7. The molecule has 1 aromatic heterocycles. The highest BCUT2D eigenvalue weighted by Gasteiger charge is 2.19. The predicted molar refractivity (Wildman–Crippen MR) is 118 cm³/mol. The first-order valence-electron chi connectivity index (χ1n) is 10.6. The van der Waals surface area contributed by atoms with E-state index in [4.69, 9.17) is 5.73 Å². The number of piperidine rings is 1. The van der Waals surface area contributed by atoms with Crippen LogP contribution in [0.4, 0.5) is 17.6 Å². The molecule has 0 aliphatic carbocycles. The number of likely N-dealkylation sites (N-methyl/N-ethyl adjacent to an activating group) is 1. The summed E-state index contributed by atoms with van der Waals surface area (Å²) in [6, 6.07) is 9.13. The molecule has 0 amide bonds. The molecule has 0 bridgehead atoms. The monoisotopic (exact) mass is 396 g/mol. The number of anilines is 3. The molecular formula is C21H32N8. The molecule has 2 aliphatic heterocycles. The minimum atomic E-state index is 0.200. The summed E-state index contributed by atoms with van der Waals surface area (Å²) in [5.41, 5.74) is 8.70. The predicted octanol–water partition coefficient (Wildman–Crippen LogP) is 1.21. The lowest BCUT2D eigenvalue weighted by Gasteiger charge is -2.34. The summed E-state index contributed by atoms with van der Waals surface area (Å²) in [7, 11) is 2.18. The van der Waals surface area contributed by atoms with Crippen molar-refractivity contribution in [1.82, 2.24) is 19.9 Å². The molecule has 1 atom stereocenters. The molecule has 1 unspecified atom stereocenters. The molecule has 29 heavy (non-hydrogen) atoms. The molecule has 3 heterocycles. The largest absolute Gasteiger partial charge is 0.369 e. The fraction of sp³-hybridized carbons (Fsp3) is 0.571. The Morgan fingerprint density at radius 1 is 1.03 bits per heavy atom. The van der Waals surface area contributed by atoms with Gasteiger partial charge in [-0.1, -0.05) is 12.1 Å². The van der Waals surface area contributed by atoms with E-state index in [1.54, 1.807) is 6.33 Å². The summed E-state index contributed by atoms with van der Waals surface area (Å²) < 4.78 is 0. The van der Waals surface area contributed by atoms with Crippen molar-refractivity contribution in [3.8, 4) is 0 Å². The number of rotatable bonds is 6. The molecule has 3 N–H and O–H groups in total. The fourth-order valence-electron chi connectivity index (χ4n) is 3.97. The summed E-state index contributed by atoms with van der Waals surface area (Å²) in [5, 5.41) is 3.33. The number of benzene rings is 1. The standard InChI is InChI=1S/C21H32N8/c1-27-11-13-28(14-12-27)19-6-4-17(5-7-19)8-9-23-20-24-16-25-21(26-20)29-10-2-3-18(22)15-29/h4-7,16,18H,2-3,8-15,22H2,1H3,(H,23,24,25,26). The minimum absolute atomic E-state index is 0.200. The van der Waals surface area contributed by atoms with Crippen molar-refractivity contribution in [2.45, 2.75) is 25.3 Å². The first-order chi connectivity index (χ1) is 14.2. The molecule has 4 rings (SSSR count). The highest BCUT2D eigenvalue weighted by molar-refractivity contribution is 5.48. The molecule has 1 aromatic carbocycles. The van der Waals surface area contributed by atoms with E-state index < -0.39 is 0 Å². The number of hydrogen-bond acceptors (Lipinski definition) is 8. The molecule has 0 spiro atoms. The second-order valence-electron chi connectivity index (χ2n) is 8.09. The molecule has 156 valence electrons. The van der Waals surface area contributed by atoms with Crippen molar-refractivity contribution in [3.05, 3.63) is 36.2 Å². The van der Waals surface area contributed by atoms with E-state index in [2.05, 4.69) is 66.3 Å². The Hall–Kier alpha value is -2.45. The molecule has 2 aliphatic rings. The lowest BCUT2D eigenvalue weighted by atomic mass is 10.1. The Bertz CT molecular complexity index is 773. The van der Waals surface area contributed by atoms with Crippen LogP contribution >= 0.6 is 0 Å². The van der Waals surface area contributed by atoms with Crippen LogP contribution in [0.1, 0.15) is 18.4 Å². The van der Waals surface area contributed by atoms with Crippen molar-refractivity contribution < 1.29 is 0 Å². The number of piperazine rings is 1. The second-order valence-corrected chi connectivity index (χ2v) is 8.09. The highest BCUT2D eigenvalue weighted by atomic mass is 15.3. The summed E-state index contributed by atoms with van der Waals surface area (Å²) in [5.74, 6) is 1.34. The number of nitrogens with one attached hydrogen (secondary N) is 1. The van der Waals surface area contributed by atoms with Gasteiger partial charge in [0.15, 0.2) is 0 Å². The van der Waals surface area contributed by atoms with Gasteiger partial charge in [-0.2, -0.15) is 4.98 Å². The van der Waals surface area contributed by atoms with Crippen molar-refractivity contribution in [2.75, 3.05) is 68.0 Å². The van der Waals surface area contributed by atoms with Crippen LogP contribution in [0.3, 0.4) is 0 Å². The van der Waals surface area contributed by atoms with Crippen LogP contribution in [-0.4, -0.2) is 78.8 Å². The highest BCUT2D eigenvalue weighted by Crippen LogP contribution is 2.18. The summed E-state index contributed by atoms with van der Waals surface area (Å²) in [4.78, 5) is 20.1. The minimum Gasteiger partial charge on any atom is -0.369 e. The summed E-state index contributed by atoms with van der Waals surface area (Å²) in [6.45, 7) is 7.00. The van der Waals surface area contributed by atoms with Gasteiger partial charge in [-0.05, 0) is 44.0 Å². The maximum atomic E-state index is 6.08. The third kappa shape index (κ3) is 5.33. The van der Waals surface area contributed by atoms with Crippen LogP contribution in [-0.2, 0) is 6.42 Å². The SMILES string of the molecule is CN1CCN(c2ccc(CCNc3ncnc(N4CCCC(N)C4)n3)cc2)CC1. The van der Waals surface area contributed by atoms with Crippen molar-refractivity contribution in [3.63, 3.8) is 0 Å². The van der Waals surface area contributed by atoms with E-state index >= 15 is 0 Å². The Labute approximate surface area is 173 Å². The van der Waals surface area contributed by atoms with Crippen molar-refractivity contribution in [2.24, 2.45) is 5.73 Å². The molecule has 8 heteroatoms. The number of nitrogens with zero attached hydrogens (tertiary/aromatic N) is 6.